The van der Waals surface area contributed by atoms with Crippen molar-refractivity contribution in [1.29, 1.82) is 0 Å². The Labute approximate surface area is 124 Å². The van der Waals surface area contributed by atoms with E-state index in [0.29, 0.717) is 0 Å². The van der Waals surface area contributed by atoms with Crippen molar-refractivity contribution < 1.29 is 14.7 Å². The average molecular weight is 288 g/mol. The maximum absolute atomic E-state index is 11.6. The molecular weight excluding hydrogens is 268 g/mol. The molecule has 0 aliphatic carbocycles. The van der Waals surface area contributed by atoms with E-state index in [1.54, 1.807) is 13.1 Å². The van der Waals surface area contributed by atoms with Gasteiger partial charge in [0.2, 0.25) is 5.91 Å². The van der Waals surface area contributed by atoms with E-state index in [1.165, 1.54) is 0 Å². The molecule has 1 aromatic carbocycles. The number of hydrogen-bond acceptors (Lipinski definition) is 3. The van der Waals surface area contributed by atoms with Crippen molar-refractivity contribution in [3.63, 3.8) is 0 Å². The van der Waals surface area contributed by atoms with Crippen LogP contribution in [0.3, 0.4) is 0 Å². The Morgan fingerprint density at radius 1 is 1.29 bits per heavy atom. The van der Waals surface area contributed by atoms with Crippen molar-refractivity contribution in [3.05, 3.63) is 35.9 Å². The summed E-state index contributed by atoms with van der Waals surface area (Å²) >= 11 is 0. The molecule has 5 heteroatoms. The summed E-state index contributed by atoms with van der Waals surface area (Å²) in [4.78, 5) is 24.5. The quantitative estimate of drug-likeness (QED) is 0.828. The lowest BCUT2D eigenvalue weighted by molar-refractivity contribution is -0.131. The van der Waals surface area contributed by atoms with Crippen LogP contribution >= 0.6 is 0 Å². The lowest BCUT2D eigenvalue weighted by Gasteiger charge is -2.33. The predicted molar refractivity (Wildman–Crippen MR) is 82.1 cm³/mol. The Morgan fingerprint density at radius 3 is 2.57 bits per heavy atom. The van der Waals surface area contributed by atoms with Gasteiger partial charge < -0.3 is 15.3 Å². The average Bonchev–Trinajstić information content (AvgIpc) is 2.52. The number of carboxylic acid groups (broad SMARTS) is 1. The summed E-state index contributed by atoms with van der Waals surface area (Å²) in [6.45, 7) is 1.60. The first-order valence-corrected chi connectivity index (χ1v) is 7.08. The number of carbonyl (C=O) groups excluding carboxylic acids is 1. The molecule has 0 atom stereocenters. The Morgan fingerprint density at radius 2 is 1.95 bits per heavy atom. The van der Waals surface area contributed by atoms with Gasteiger partial charge in [-0.1, -0.05) is 18.2 Å². The van der Waals surface area contributed by atoms with Gasteiger partial charge in [-0.05, 0) is 30.5 Å². The lowest BCUT2D eigenvalue weighted by atomic mass is 9.95. The van der Waals surface area contributed by atoms with E-state index in [2.05, 4.69) is 10.2 Å². The van der Waals surface area contributed by atoms with Crippen molar-refractivity contribution >= 4 is 23.6 Å². The summed E-state index contributed by atoms with van der Waals surface area (Å²) in [5.74, 6) is -0.773. The minimum atomic E-state index is -0.955. The summed E-state index contributed by atoms with van der Waals surface area (Å²) in [7, 11) is 1.67. The summed E-state index contributed by atoms with van der Waals surface area (Å²) in [6.07, 6.45) is 4.39. The number of nitrogens with one attached hydrogen (secondary N) is 1. The van der Waals surface area contributed by atoms with Crippen molar-refractivity contribution in [1.82, 2.24) is 5.32 Å². The van der Waals surface area contributed by atoms with Gasteiger partial charge in [0.25, 0.3) is 0 Å². The summed E-state index contributed by atoms with van der Waals surface area (Å²) < 4.78 is 0. The Hall–Kier alpha value is -2.30. The van der Waals surface area contributed by atoms with Crippen LogP contribution in [-0.4, -0.2) is 37.1 Å². The highest BCUT2D eigenvalue weighted by molar-refractivity contribution is 5.87. The fourth-order valence-corrected chi connectivity index (χ4v) is 2.66. The molecule has 1 amide bonds. The zero-order valence-corrected chi connectivity index (χ0v) is 12.1. The minimum Gasteiger partial charge on any atom is -0.478 e. The first kappa shape index (κ1) is 15.1. The first-order valence-electron chi connectivity index (χ1n) is 7.08. The fourth-order valence-electron chi connectivity index (χ4n) is 2.66. The van der Waals surface area contributed by atoms with Gasteiger partial charge in [-0.3, -0.25) is 4.79 Å². The highest BCUT2D eigenvalue weighted by Gasteiger charge is 2.24. The molecule has 1 aliphatic rings. The van der Waals surface area contributed by atoms with Gasteiger partial charge in [0.1, 0.15) is 0 Å². The third kappa shape index (κ3) is 3.84. The van der Waals surface area contributed by atoms with E-state index in [4.69, 9.17) is 5.11 Å². The zero-order valence-electron chi connectivity index (χ0n) is 12.1. The van der Waals surface area contributed by atoms with E-state index < -0.39 is 5.97 Å². The molecule has 0 radical (unpaired) electrons. The maximum atomic E-state index is 11.6. The lowest BCUT2D eigenvalue weighted by Crippen LogP contribution is -2.39. The van der Waals surface area contributed by atoms with Gasteiger partial charge in [0.15, 0.2) is 0 Å². The minimum absolute atomic E-state index is 0.0768. The molecule has 0 bridgehead atoms. The van der Waals surface area contributed by atoms with Crippen LogP contribution in [0.25, 0.3) is 6.08 Å². The molecule has 1 heterocycles. The number of nitrogens with zero attached hydrogens (tertiary/aromatic N) is 1. The highest BCUT2D eigenvalue weighted by atomic mass is 16.4. The largest absolute Gasteiger partial charge is 0.478 e. The van der Waals surface area contributed by atoms with E-state index in [9.17, 15) is 9.59 Å². The molecule has 1 saturated heterocycles. The number of carbonyl (C=O) groups is 2. The second kappa shape index (κ2) is 6.92. The van der Waals surface area contributed by atoms with Crippen LogP contribution in [0.1, 0.15) is 18.4 Å². The van der Waals surface area contributed by atoms with Gasteiger partial charge in [-0.15, -0.1) is 0 Å². The topological polar surface area (TPSA) is 69.6 Å². The number of para-hydroxylation sites is 1. The van der Waals surface area contributed by atoms with Crippen LogP contribution in [0.15, 0.2) is 30.3 Å². The number of hydrogen-bond donors (Lipinski definition) is 2. The summed E-state index contributed by atoms with van der Waals surface area (Å²) in [5, 5.41) is 11.5. The van der Waals surface area contributed by atoms with Crippen LogP contribution in [0.5, 0.6) is 0 Å². The van der Waals surface area contributed by atoms with E-state index in [-0.39, 0.29) is 11.8 Å². The molecule has 1 fully saturated rings. The molecule has 2 rings (SSSR count). The zero-order chi connectivity index (χ0) is 15.2. The Bertz CT molecular complexity index is 546. The number of anilines is 1. The Balaban J connectivity index is 2.10. The van der Waals surface area contributed by atoms with Gasteiger partial charge >= 0.3 is 5.97 Å². The van der Waals surface area contributed by atoms with Crippen LogP contribution < -0.4 is 10.2 Å². The molecular formula is C16H20N2O3. The van der Waals surface area contributed by atoms with Crippen LogP contribution in [0.4, 0.5) is 5.69 Å². The number of benzene rings is 1. The predicted octanol–water partition coefficient (Wildman–Crippen LogP) is 1.75. The number of piperidine rings is 1. The van der Waals surface area contributed by atoms with Gasteiger partial charge in [0, 0.05) is 37.8 Å². The third-order valence-electron chi connectivity index (χ3n) is 3.80. The molecule has 0 saturated carbocycles. The third-order valence-corrected chi connectivity index (χ3v) is 3.80. The van der Waals surface area contributed by atoms with E-state index in [0.717, 1.165) is 43.3 Å². The first-order chi connectivity index (χ1) is 10.1. The molecule has 0 aromatic heterocycles. The van der Waals surface area contributed by atoms with Crippen LogP contribution in [0, 0.1) is 5.92 Å². The van der Waals surface area contributed by atoms with Gasteiger partial charge in [-0.2, -0.15) is 0 Å². The SMILES string of the molecule is CNC(=O)C1CCN(c2ccccc2C=CC(=O)O)CC1. The number of aliphatic carboxylic acids is 1. The number of rotatable bonds is 4. The molecule has 5 nitrogen and oxygen atoms in total. The standard InChI is InChI=1S/C16H20N2O3/c1-17-16(21)13-8-10-18(11-9-13)14-5-3-2-4-12(14)6-7-15(19)20/h2-7,13H,8-11H2,1H3,(H,17,21)(H,19,20). The van der Waals surface area contributed by atoms with Crippen molar-refractivity contribution in [2.75, 3.05) is 25.0 Å². The maximum Gasteiger partial charge on any atom is 0.328 e. The molecule has 2 N–H and O–H groups in total. The summed E-state index contributed by atoms with van der Waals surface area (Å²) in [6, 6.07) is 7.72. The van der Waals surface area contributed by atoms with E-state index in [1.807, 2.05) is 24.3 Å². The van der Waals surface area contributed by atoms with Crippen molar-refractivity contribution in [2.24, 2.45) is 5.92 Å². The van der Waals surface area contributed by atoms with Crippen LogP contribution in [-0.2, 0) is 9.59 Å². The fraction of sp³-hybridized carbons (Fsp3) is 0.375. The second-order valence-corrected chi connectivity index (χ2v) is 5.11. The van der Waals surface area contributed by atoms with Gasteiger partial charge in [-0.25, -0.2) is 4.79 Å². The Kier molecular flexibility index (Phi) is 4.98. The molecule has 1 aliphatic heterocycles. The molecule has 0 spiro atoms. The van der Waals surface area contributed by atoms with Crippen molar-refractivity contribution in [2.45, 2.75) is 12.8 Å². The van der Waals surface area contributed by atoms with Gasteiger partial charge in [0.05, 0.1) is 0 Å². The highest BCUT2D eigenvalue weighted by Crippen LogP contribution is 2.27. The van der Waals surface area contributed by atoms with Crippen molar-refractivity contribution in [3.8, 4) is 0 Å². The number of carboxylic acids is 1. The second-order valence-electron chi connectivity index (χ2n) is 5.11. The molecule has 21 heavy (non-hydrogen) atoms. The summed E-state index contributed by atoms with van der Waals surface area (Å²) in [5.41, 5.74) is 1.91. The normalized spacial score (nSPS) is 16.1. The molecule has 1 aromatic rings. The monoisotopic (exact) mass is 288 g/mol. The molecule has 112 valence electrons. The molecule has 0 unspecified atom stereocenters. The van der Waals surface area contributed by atoms with Crippen LogP contribution in [0.2, 0.25) is 0 Å². The smallest absolute Gasteiger partial charge is 0.328 e. The van der Waals surface area contributed by atoms with E-state index >= 15 is 0 Å². The number of amides is 1.